The number of urea groups is 1. The van der Waals surface area contributed by atoms with Crippen LogP contribution in [0.1, 0.15) is 5.56 Å². The first-order valence-corrected chi connectivity index (χ1v) is 9.49. The molecule has 1 heterocycles. The Labute approximate surface area is 152 Å². The average Bonchev–Trinajstić information content (AvgIpc) is 2.98. The van der Waals surface area contributed by atoms with Gasteiger partial charge in [0.05, 0.1) is 5.56 Å². The Morgan fingerprint density at radius 1 is 0.963 bits per heavy atom. The molecule has 6 nitrogen and oxygen atoms in total. The summed E-state index contributed by atoms with van der Waals surface area (Å²) < 4.78 is 60.7. The maximum absolute atomic E-state index is 12.5. The van der Waals surface area contributed by atoms with Crippen LogP contribution < -0.4 is 10.6 Å². The van der Waals surface area contributed by atoms with E-state index in [1.807, 2.05) is 0 Å². The lowest BCUT2D eigenvalue weighted by molar-refractivity contribution is -0.137. The number of nitrogens with one attached hydrogen (secondary N) is 3. The summed E-state index contributed by atoms with van der Waals surface area (Å²) in [5.74, 6) is 0. The van der Waals surface area contributed by atoms with Crippen molar-refractivity contribution in [3.8, 4) is 0 Å². The van der Waals surface area contributed by atoms with Crippen molar-refractivity contribution in [2.24, 2.45) is 0 Å². The fourth-order valence-corrected chi connectivity index (χ4v) is 3.05. The van der Waals surface area contributed by atoms with E-state index in [9.17, 15) is 26.4 Å². The Morgan fingerprint density at radius 2 is 1.56 bits per heavy atom. The minimum Gasteiger partial charge on any atom is -0.346 e. The number of halogens is 3. The molecule has 0 saturated heterocycles. The molecular weight excluding hydrogens is 383 g/mol. The van der Waals surface area contributed by atoms with Crippen LogP contribution in [0, 0.1) is 0 Å². The van der Waals surface area contributed by atoms with Crippen molar-refractivity contribution in [1.29, 1.82) is 0 Å². The zero-order valence-electron chi connectivity index (χ0n) is 13.9. The molecule has 0 atom stereocenters. The third-order valence-electron chi connectivity index (χ3n) is 3.73. The van der Waals surface area contributed by atoms with Gasteiger partial charge in [-0.2, -0.15) is 13.2 Å². The van der Waals surface area contributed by atoms with E-state index in [1.54, 1.807) is 18.2 Å². The minimum absolute atomic E-state index is 0.0591. The zero-order chi connectivity index (χ0) is 19.8. The fourth-order valence-electron chi connectivity index (χ4n) is 2.41. The van der Waals surface area contributed by atoms with Crippen LogP contribution in [0.25, 0.3) is 10.9 Å². The highest BCUT2D eigenvalue weighted by molar-refractivity contribution is 7.90. The van der Waals surface area contributed by atoms with Gasteiger partial charge in [-0.25, -0.2) is 13.2 Å². The van der Waals surface area contributed by atoms with Gasteiger partial charge in [0, 0.05) is 28.5 Å². The third-order valence-corrected chi connectivity index (χ3v) is 4.74. The van der Waals surface area contributed by atoms with Crippen LogP contribution in [-0.2, 0) is 16.0 Å². The van der Waals surface area contributed by atoms with Crippen molar-refractivity contribution < 1.29 is 26.4 Å². The molecule has 0 unspecified atom stereocenters. The molecule has 0 fully saturated rings. The second-order valence-corrected chi connectivity index (χ2v) is 7.85. The zero-order valence-corrected chi connectivity index (χ0v) is 14.7. The molecule has 0 saturated carbocycles. The number of fused-ring (bicyclic) bond motifs is 1. The molecule has 27 heavy (non-hydrogen) atoms. The molecule has 3 rings (SSSR count). The van der Waals surface area contributed by atoms with Crippen molar-refractivity contribution in [1.82, 2.24) is 4.98 Å². The Morgan fingerprint density at radius 3 is 2.15 bits per heavy atom. The highest BCUT2D eigenvalue weighted by Crippen LogP contribution is 2.30. The molecule has 0 spiro atoms. The van der Waals surface area contributed by atoms with Crippen LogP contribution in [-0.4, -0.2) is 25.7 Å². The van der Waals surface area contributed by atoms with Crippen molar-refractivity contribution in [3.05, 3.63) is 54.1 Å². The monoisotopic (exact) mass is 397 g/mol. The van der Waals surface area contributed by atoms with Crippen LogP contribution in [0.4, 0.5) is 29.3 Å². The van der Waals surface area contributed by atoms with Crippen molar-refractivity contribution in [3.63, 3.8) is 0 Å². The topological polar surface area (TPSA) is 91.1 Å². The Balaban J connectivity index is 1.72. The highest BCUT2D eigenvalue weighted by atomic mass is 32.2. The van der Waals surface area contributed by atoms with Gasteiger partial charge in [0.1, 0.15) is 5.03 Å². The van der Waals surface area contributed by atoms with E-state index in [2.05, 4.69) is 15.6 Å². The molecule has 0 radical (unpaired) electrons. The number of carbonyl (C=O) groups is 1. The van der Waals surface area contributed by atoms with Crippen molar-refractivity contribution in [2.45, 2.75) is 11.2 Å². The maximum atomic E-state index is 12.5. The van der Waals surface area contributed by atoms with Gasteiger partial charge >= 0.3 is 12.2 Å². The molecule has 0 aliphatic rings. The molecular formula is C17H14F3N3O3S. The first kappa shape index (κ1) is 18.8. The molecule has 0 aliphatic heterocycles. The number of benzene rings is 2. The number of anilines is 2. The number of hydrogen-bond donors (Lipinski definition) is 3. The summed E-state index contributed by atoms with van der Waals surface area (Å²) in [6.45, 7) is 0. The van der Waals surface area contributed by atoms with Crippen LogP contribution in [0.15, 0.2) is 53.6 Å². The lowest BCUT2D eigenvalue weighted by atomic mass is 10.2. The number of carbonyl (C=O) groups excluding carboxylic acids is 1. The third kappa shape index (κ3) is 4.40. The molecule has 142 valence electrons. The van der Waals surface area contributed by atoms with Crippen molar-refractivity contribution in [2.75, 3.05) is 16.9 Å². The lowest BCUT2D eigenvalue weighted by Crippen LogP contribution is -2.19. The quantitative estimate of drug-likeness (QED) is 0.618. The van der Waals surface area contributed by atoms with Gasteiger partial charge in [0.15, 0.2) is 9.84 Å². The first-order valence-electron chi connectivity index (χ1n) is 7.60. The normalized spacial score (nSPS) is 12.1. The van der Waals surface area contributed by atoms with Crippen LogP contribution in [0.3, 0.4) is 0 Å². The number of hydrogen-bond acceptors (Lipinski definition) is 3. The largest absolute Gasteiger partial charge is 0.416 e. The first-order chi connectivity index (χ1) is 12.5. The van der Waals surface area contributed by atoms with E-state index < -0.39 is 27.6 Å². The lowest BCUT2D eigenvalue weighted by Gasteiger charge is -2.10. The predicted octanol–water partition coefficient (Wildman–Crippen LogP) is 4.23. The van der Waals surface area contributed by atoms with Gasteiger partial charge < -0.3 is 15.6 Å². The SMILES string of the molecule is CS(=O)(=O)c1cc2ccc(NC(=O)Nc3ccc(C(F)(F)F)cc3)cc2[nH]1. The Hall–Kier alpha value is -3.01. The van der Waals surface area contributed by atoms with Gasteiger partial charge in [0.2, 0.25) is 0 Å². The standard InChI is InChI=1S/C17H14F3N3O3S/c1-27(25,26)15-8-10-2-5-13(9-14(10)23-15)22-16(24)21-12-6-3-11(4-7-12)17(18,19)20/h2-9,23H,1H3,(H2,21,22,24). The number of sulfone groups is 1. The molecule has 3 N–H and O–H groups in total. The van der Waals surface area contributed by atoms with Crippen LogP contribution in [0.2, 0.25) is 0 Å². The van der Waals surface area contributed by atoms with E-state index in [4.69, 9.17) is 0 Å². The van der Waals surface area contributed by atoms with Gasteiger partial charge in [-0.15, -0.1) is 0 Å². The summed E-state index contributed by atoms with van der Waals surface area (Å²) in [4.78, 5) is 14.8. The molecule has 0 bridgehead atoms. The highest BCUT2D eigenvalue weighted by Gasteiger charge is 2.29. The summed E-state index contributed by atoms with van der Waals surface area (Å²) in [5.41, 5.74) is 0.282. The predicted molar refractivity (Wildman–Crippen MR) is 95.5 cm³/mol. The summed E-state index contributed by atoms with van der Waals surface area (Å²) in [6.07, 6.45) is -3.37. The van der Waals surface area contributed by atoms with Crippen LogP contribution >= 0.6 is 0 Å². The molecule has 0 aliphatic carbocycles. The molecule has 1 aromatic heterocycles. The summed E-state index contributed by atoms with van der Waals surface area (Å²) in [6, 6.07) is 9.63. The molecule has 2 amide bonds. The Bertz CT molecular complexity index is 1100. The maximum Gasteiger partial charge on any atom is 0.416 e. The van der Waals surface area contributed by atoms with E-state index in [-0.39, 0.29) is 10.7 Å². The van der Waals surface area contributed by atoms with E-state index >= 15 is 0 Å². The number of aromatic amines is 1. The second kappa shape index (κ2) is 6.62. The van der Waals surface area contributed by atoms with E-state index in [0.717, 1.165) is 30.5 Å². The van der Waals surface area contributed by atoms with Gasteiger partial charge in [-0.05, 0) is 42.5 Å². The van der Waals surface area contributed by atoms with Crippen LogP contribution in [0.5, 0.6) is 0 Å². The molecule has 3 aromatic rings. The number of alkyl halides is 3. The number of rotatable bonds is 3. The summed E-state index contributed by atoms with van der Waals surface area (Å²) in [5, 5.41) is 5.67. The minimum atomic E-state index is -4.45. The summed E-state index contributed by atoms with van der Waals surface area (Å²) >= 11 is 0. The molecule has 10 heteroatoms. The second-order valence-electron chi connectivity index (χ2n) is 5.86. The number of aromatic nitrogens is 1. The van der Waals surface area contributed by atoms with Crippen molar-refractivity contribution >= 4 is 38.1 Å². The average molecular weight is 397 g/mol. The fraction of sp³-hybridized carbons (Fsp3) is 0.118. The van der Waals surface area contributed by atoms with Gasteiger partial charge in [-0.1, -0.05) is 6.07 Å². The van der Waals surface area contributed by atoms with E-state index in [0.29, 0.717) is 16.6 Å². The number of amides is 2. The van der Waals surface area contributed by atoms with E-state index in [1.165, 1.54) is 6.07 Å². The molecule has 2 aromatic carbocycles. The smallest absolute Gasteiger partial charge is 0.346 e. The summed E-state index contributed by atoms with van der Waals surface area (Å²) in [7, 11) is -3.39. The Kier molecular flexibility index (Phi) is 4.60. The van der Waals surface area contributed by atoms with Gasteiger partial charge in [0.25, 0.3) is 0 Å². The number of H-pyrrole nitrogens is 1. The van der Waals surface area contributed by atoms with Gasteiger partial charge in [-0.3, -0.25) is 0 Å².